The number of thioether (sulfide) groups is 1. The van der Waals surface area contributed by atoms with Gasteiger partial charge in [0.25, 0.3) is 5.91 Å². The number of hydrogen-bond donors (Lipinski definition) is 0. The standard InChI is InChI=1S/C19H19N3O3S2/c1-12-13(2)27-19-17(12)18(20-11-21-19)26-10-16(24)25-9-15(23)22(3)14-7-5-4-6-8-14/h4-8,11H,9-10H2,1-3H3. The Kier molecular flexibility index (Phi) is 6.08. The second kappa shape index (κ2) is 8.49. The van der Waals surface area contributed by atoms with Gasteiger partial charge in [0.15, 0.2) is 6.61 Å². The van der Waals surface area contributed by atoms with E-state index < -0.39 is 5.97 Å². The van der Waals surface area contributed by atoms with Crippen LogP contribution in [-0.4, -0.2) is 41.3 Å². The molecule has 0 N–H and O–H groups in total. The van der Waals surface area contributed by atoms with Crippen LogP contribution in [0.2, 0.25) is 0 Å². The fourth-order valence-electron chi connectivity index (χ4n) is 2.46. The minimum atomic E-state index is -0.453. The van der Waals surface area contributed by atoms with Crippen LogP contribution >= 0.6 is 23.1 Å². The van der Waals surface area contributed by atoms with Crippen LogP contribution in [0.4, 0.5) is 5.69 Å². The van der Waals surface area contributed by atoms with Gasteiger partial charge in [-0.3, -0.25) is 9.59 Å². The molecule has 0 aliphatic heterocycles. The molecule has 0 aliphatic carbocycles. The zero-order chi connectivity index (χ0) is 19.4. The molecule has 1 amide bonds. The van der Waals surface area contributed by atoms with E-state index in [4.69, 9.17) is 4.74 Å². The molecular formula is C19H19N3O3S2. The van der Waals surface area contributed by atoms with E-state index in [1.54, 1.807) is 18.4 Å². The molecule has 0 atom stereocenters. The zero-order valence-electron chi connectivity index (χ0n) is 15.3. The van der Waals surface area contributed by atoms with Crippen LogP contribution in [0.15, 0.2) is 41.7 Å². The summed E-state index contributed by atoms with van der Waals surface area (Å²) in [5.41, 5.74) is 1.88. The van der Waals surface area contributed by atoms with Gasteiger partial charge in [0, 0.05) is 23.0 Å². The average molecular weight is 402 g/mol. The van der Waals surface area contributed by atoms with Gasteiger partial charge in [0.1, 0.15) is 16.2 Å². The van der Waals surface area contributed by atoms with Gasteiger partial charge in [-0.2, -0.15) is 0 Å². The number of aromatic nitrogens is 2. The van der Waals surface area contributed by atoms with Crippen molar-refractivity contribution < 1.29 is 14.3 Å². The highest BCUT2D eigenvalue weighted by Crippen LogP contribution is 2.34. The first-order valence-corrected chi connectivity index (χ1v) is 10.1. The molecule has 0 radical (unpaired) electrons. The highest BCUT2D eigenvalue weighted by Gasteiger charge is 2.16. The molecular weight excluding hydrogens is 382 g/mol. The van der Waals surface area contributed by atoms with Crippen molar-refractivity contribution in [1.29, 1.82) is 0 Å². The van der Waals surface area contributed by atoms with Crippen molar-refractivity contribution in [3.63, 3.8) is 0 Å². The van der Waals surface area contributed by atoms with E-state index in [9.17, 15) is 9.59 Å². The number of benzene rings is 1. The van der Waals surface area contributed by atoms with Crippen LogP contribution in [0.25, 0.3) is 10.2 Å². The van der Waals surface area contributed by atoms with Crippen molar-refractivity contribution in [2.45, 2.75) is 18.9 Å². The Hall–Kier alpha value is -2.45. The number of carbonyl (C=O) groups is 2. The number of thiophene rings is 1. The van der Waals surface area contributed by atoms with Gasteiger partial charge >= 0.3 is 5.97 Å². The zero-order valence-corrected chi connectivity index (χ0v) is 16.9. The SMILES string of the molecule is Cc1sc2ncnc(SCC(=O)OCC(=O)N(C)c3ccccc3)c2c1C. The number of carbonyl (C=O) groups excluding carboxylic acids is 2. The molecule has 8 heteroatoms. The predicted molar refractivity (Wildman–Crippen MR) is 108 cm³/mol. The second-order valence-corrected chi connectivity index (χ2v) is 8.05. The Morgan fingerprint density at radius 1 is 1.19 bits per heavy atom. The molecule has 3 aromatic rings. The molecule has 0 aliphatic rings. The van der Waals surface area contributed by atoms with E-state index in [1.807, 2.05) is 44.2 Å². The van der Waals surface area contributed by atoms with Crippen LogP contribution in [0, 0.1) is 13.8 Å². The molecule has 0 bridgehead atoms. The Bertz CT molecular complexity index is 973. The van der Waals surface area contributed by atoms with E-state index in [0.29, 0.717) is 0 Å². The van der Waals surface area contributed by atoms with Crippen molar-refractivity contribution in [3.8, 4) is 0 Å². The van der Waals surface area contributed by atoms with Crippen LogP contribution < -0.4 is 4.90 Å². The maximum absolute atomic E-state index is 12.2. The van der Waals surface area contributed by atoms with E-state index in [-0.39, 0.29) is 18.3 Å². The Morgan fingerprint density at radius 3 is 2.67 bits per heavy atom. The maximum Gasteiger partial charge on any atom is 0.316 e. The smallest absolute Gasteiger partial charge is 0.316 e. The number of nitrogens with zero attached hydrogens (tertiary/aromatic N) is 3. The number of hydrogen-bond acceptors (Lipinski definition) is 7. The molecule has 0 saturated heterocycles. The van der Waals surface area contributed by atoms with Gasteiger partial charge in [0.05, 0.1) is 5.75 Å². The lowest BCUT2D eigenvalue weighted by Crippen LogP contribution is -2.31. The summed E-state index contributed by atoms with van der Waals surface area (Å²) in [4.78, 5) is 36.4. The van der Waals surface area contributed by atoms with Crippen molar-refractivity contribution in [2.75, 3.05) is 24.3 Å². The Morgan fingerprint density at radius 2 is 1.93 bits per heavy atom. The van der Waals surface area contributed by atoms with Crippen LogP contribution in [0.3, 0.4) is 0 Å². The summed E-state index contributed by atoms with van der Waals surface area (Å²) in [5.74, 6) is -0.651. The van der Waals surface area contributed by atoms with Gasteiger partial charge in [-0.05, 0) is 31.5 Å². The largest absolute Gasteiger partial charge is 0.455 e. The normalized spacial score (nSPS) is 10.8. The Labute approximate surface area is 165 Å². The summed E-state index contributed by atoms with van der Waals surface area (Å²) in [6, 6.07) is 9.21. The number of aryl methyl sites for hydroxylation is 2. The summed E-state index contributed by atoms with van der Waals surface area (Å²) >= 11 is 2.91. The van der Waals surface area contributed by atoms with Crippen LogP contribution in [0.5, 0.6) is 0 Å². The quantitative estimate of drug-likeness (QED) is 0.357. The number of fused-ring (bicyclic) bond motifs is 1. The first-order valence-electron chi connectivity index (χ1n) is 8.28. The van der Waals surface area contributed by atoms with Crippen molar-refractivity contribution in [2.24, 2.45) is 0 Å². The number of ether oxygens (including phenoxy) is 1. The lowest BCUT2D eigenvalue weighted by Gasteiger charge is -2.17. The Balaban J connectivity index is 1.55. The third-order valence-electron chi connectivity index (χ3n) is 4.13. The van der Waals surface area contributed by atoms with Crippen LogP contribution in [0.1, 0.15) is 10.4 Å². The number of para-hydroxylation sites is 1. The summed E-state index contributed by atoms with van der Waals surface area (Å²) in [5, 5.41) is 1.74. The fourth-order valence-corrected chi connectivity index (χ4v) is 4.38. The summed E-state index contributed by atoms with van der Waals surface area (Å²) < 4.78 is 5.12. The molecule has 6 nitrogen and oxygen atoms in total. The maximum atomic E-state index is 12.2. The molecule has 1 aromatic carbocycles. The highest BCUT2D eigenvalue weighted by molar-refractivity contribution is 8.00. The molecule has 0 fully saturated rings. The van der Waals surface area contributed by atoms with E-state index in [2.05, 4.69) is 9.97 Å². The van der Waals surface area contributed by atoms with Gasteiger partial charge < -0.3 is 9.64 Å². The third kappa shape index (κ3) is 4.45. The minimum Gasteiger partial charge on any atom is -0.455 e. The molecule has 2 aromatic heterocycles. The summed E-state index contributed by atoms with van der Waals surface area (Å²) in [7, 11) is 1.65. The second-order valence-electron chi connectivity index (χ2n) is 5.88. The lowest BCUT2D eigenvalue weighted by atomic mass is 10.2. The lowest BCUT2D eigenvalue weighted by molar-refractivity contribution is -0.145. The number of amides is 1. The topological polar surface area (TPSA) is 72.4 Å². The van der Waals surface area contributed by atoms with E-state index >= 15 is 0 Å². The first kappa shape index (κ1) is 19.3. The third-order valence-corrected chi connectivity index (χ3v) is 6.21. The van der Waals surface area contributed by atoms with Gasteiger partial charge in [-0.15, -0.1) is 11.3 Å². The molecule has 0 spiro atoms. The molecule has 3 rings (SSSR count). The van der Waals surface area contributed by atoms with Gasteiger partial charge in [0.2, 0.25) is 0 Å². The van der Waals surface area contributed by atoms with Crippen molar-refractivity contribution >= 4 is 50.9 Å². The van der Waals surface area contributed by atoms with Gasteiger partial charge in [-0.25, -0.2) is 9.97 Å². The number of likely N-dealkylation sites (N-methyl/N-ethyl adjacent to an activating group) is 1. The molecule has 27 heavy (non-hydrogen) atoms. The first-order chi connectivity index (χ1) is 13.0. The fraction of sp³-hybridized carbons (Fsp3) is 0.263. The summed E-state index contributed by atoms with van der Waals surface area (Å²) in [6.45, 7) is 3.78. The van der Waals surface area contributed by atoms with Crippen molar-refractivity contribution in [3.05, 3.63) is 47.1 Å². The van der Waals surface area contributed by atoms with Crippen LogP contribution in [-0.2, 0) is 14.3 Å². The highest BCUT2D eigenvalue weighted by atomic mass is 32.2. The molecule has 0 unspecified atom stereocenters. The molecule has 140 valence electrons. The number of anilines is 1. The van der Waals surface area contributed by atoms with E-state index in [0.717, 1.165) is 26.5 Å². The minimum absolute atomic E-state index is 0.0861. The van der Waals surface area contributed by atoms with E-state index in [1.165, 1.54) is 27.9 Å². The summed E-state index contributed by atoms with van der Waals surface area (Å²) in [6.07, 6.45) is 1.50. The molecule has 2 heterocycles. The van der Waals surface area contributed by atoms with Crippen molar-refractivity contribution in [1.82, 2.24) is 9.97 Å². The molecule has 0 saturated carbocycles. The number of esters is 1. The monoisotopic (exact) mass is 401 g/mol. The van der Waals surface area contributed by atoms with Gasteiger partial charge in [-0.1, -0.05) is 30.0 Å². The predicted octanol–water partition coefficient (Wildman–Crippen LogP) is 3.61. The average Bonchev–Trinajstić information content (AvgIpc) is 2.99. The number of rotatable bonds is 6.